The van der Waals surface area contributed by atoms with Crippen LogP contribution in [0, 0.1) is 0 Å². The zero-order valence-electron chi connectivity index (χ0n) is 24.4. The van der Waals surface area contributed by atoms with E-state index in [1.807, 2.05) is 0 Å². The van der Waals surface area contributed by atoms with Gasteiger partial charge in [-0.05, 0) is 24.9 Å². The second-order valence-corrected chi connectivity index (χ2v) is 8.59. The molecule has 1 aromatic rings. The Balaban J connectivity index is -0.00000380. The molecule has 6 amide bonds. The molecule has 1 N–H and O–H groups in total. The Morgan fingerprint density at radius 1 is 0.927 bits per heavy atom. The van der Waals surface area contributed by atoms with E-state index >= 15 is 0 Å². The van der Waals surface area contributed by atoms with Gasteiger partial charge in [0.05, 0.1) is 18.2 Å². The summed E-state index contributed by atoms with van der Waals surface area (Å²) < 4.78 is 5.35. The number of nitrogens with zero attached hydrogens (tertiary/aromatic N) is 4. The molecule has 0 radical (unpaired) electrons. The molecular weight excluding hydrogens is 751 g/mol. The van der Waals surface area contributed by atoms with Gasteiger partial charge < -0.3 is 40.4 Å². The summed E-state index contributed by atoms with van der Waals surface area (Å²) in [7, 11) is 0. The zero-order valence-corrected chi connectivity index (χ0v) is 39.2. The topological polar surface area (TPSA) is 169 Å². The fraction of sp³-hybridized carbons (Fsp3) is 0.538. The Bertz CT molecular complexity index is 974. The second-order valence-electron chi connectivity index (χ2n) is 8.59. The number of hydrogen-bond acceptors (Lipinski definition) is 7. The molecule has 0 bridgehead atoms. The van der Waals surface area contributed by atoms with E-state index in [0.29, 0.717) is 56.8 Å². The number of benzene rings is 1. The van der Waals surface area contributed by atoms with Crippen molar-refractivity contribution >= 4 is 41.6 Å². The molecule has 1 saturated heterocycles. The van der Waals surface area contributed by atoms with Gasteiger partial charge >= 0.3 is 175 Å². The molecule has 0 spiro atoms. The minimum Gasteiger partial charge on any atom is -0.651 e. The van der Waals surface area contributed by atoms with Gasteiger partial charge in [-0.2, -0.15) is 0 Å². The first-order valence-corrected chi connectivity index (χ1v) is 12.7. The average molecular weight is 787 g/mol. The van der Waals surface area contributed by atoms with E-state index in [1.165, 1.54) is 4.90 Å². The molecular formula is C26H36N5O7Rb3. The predicted molar refractivity (Wildman–Crippen MR) is 141 cm³/mol. The van der Waals surface area contributed by atoms with Crippen LogP contribution in [0.4, 0.5) is 10.5 Å². The summed E-state index contributed by atoms with van der Waals surface area (Å²) >= 11 is 0. The molecule has 2 rings (SSSR count). The average Bonchev–Trinajstić information content (AvgIpc) is 2.87. The van der Waals surface area contributed by atoms with Gasteiger partial charge in [-0.1, -0.05) is 43.7 Å². The van der Waals surface area contributed by atoms with Crippen molar-refractivity contribution in [2.45, 2.75) is 51.4 Å². The standard InChI is InChI=1S/C26H37N5O7.3Rb.H2/c32-15-4-2-1-3-11-28-26(37)29-12-5-16-38-17-13-27-22(33)19-23(34)30-21-8-6-20(7-9-21)18-25(36)31-14-10-24(31)35;;;;/h6-9,15H,1-5,10-14,16-19H2,(H4,27,28,29,30,33,34,37);;;;1H/q;3*+1;/p-3. The number of carbonyl (C=O) groups excluding carboxylic acids is 6. The van der Waals surface area contributed by atoms with E-state index in [2.05, 4.69) is 21.3 Å². The number of rotatable bonds is 18. The number of imide groups is 1. The van der Waals surface area contributed by atoms with Crippen LogP contribution >= 0.6 is 0 Å². The molecule has 1 heterocycles. The summed E-state index contributed by atoms with van der Waals surface area (Å²) in [6.07, 6.45) is 4.51. The summed E-state index contributed by atoms with van der Waals surface area (Å²) in [5, 5.41) is 14.2. The quantitative estimate of drug-likeness (QED) is 0.0670. The molecule has 1 aromatic carbocycles. The van der Waals surface area contributed by atoms with Gasteiger partial charge in [0.2, 0.25) is 11.8 Å². The van der Waals surface area contributed by atoms with E-state index in [1.54, 1.807) is 24.3 Å². The Morgan fingerprint density at radius 3 is 2.29 bits per heavy atom. The van der Waals surface area contributed by atoms with Gasteiger partial charge in [-0.15, -0.1) is 12.2 Å². The van der Waals surface area contributed by atoms with Crippen LogP contribution in [0.15, 0.2) is 24.3 Å². The van der Waals surface area contributed by atoms with Gasteiger partial charge in [0.15, 0.2) is 6.03 Å². The number of β-lactam (4-membered cyclic amide) rings is 1. The van der Waals surface area contributed by atoms with Crippen molar-refractivity contribution < 1.29 is 209 Å². The number of hydrogen-bond donors (Lipinski definition) is 1. The monoisotopic (exact) mass is 785 g/mol. The summed E-state index contributed by atoms with van der Waals surface area (Å²) in [6, 6.07) is 6.07. The van der Waals surface area contributed by atoms with Crippen LogP contribution in [0.1, 0.15) is 51.9 Å². The smallest absolute Gasteiger partial charge is 0.651 e. The Kier molecular flexibility index (Phi) is 30.4. The van der Waals surface area contributed by atoms with Crippen LogP contribution in [0.5, 0.6) is 0 Å². The molecule has 1 aliphatic heterocycles. The van der Waals surface area contributed by atoms with Crippen molar-refractivity contribution in [2.24, 2.45) is 0 Å². The van der Waals surface area contributed by atoms with Gasteiger partial charge in [-0.3, -0.25) is 19.3 Å². The largest absolute Gasteiger partial charge is 1.00 e. The number of ether oxygens (including phenoxy) is 1. The van der Waals surface area contributed by atoms with Crippen LogP contribution in [-0.4, -0.2) is 80.2 Å². The van der Waals surface area contributed by atoms with E-state index in [4.69, 9.17) is 4.74 Å². The first-order valence-electron chi connectivity index (χ1n) is 12.7. The molecule has 1 fully saturated rings. The molecule has 210 valence electrons. The van der Waals surface area contributed by atoms with Gasteiger partial charge in [0, 0.05) is 40.4 Å². The van der Waals surface area contributed by atoms with Gasteiger partial charge in [0.25, 0.3) is 0 Å². The normalized spacial score (nSPS) is 11.4. The zero-order chi connectivity index (χ0) is 27.6. The fourth-order valence-corrected chi connectivity index (χ4v) is 3.37. The summed E-state index contributed by atoms with van der Waals surface area (Å²) in [5.74, 6) is -1.65. The Morgan fingerprint density at radius 2 is 1.66 bits per heavy atom. The van der Waals surface area contributed by atoms with Crippen molar-refractivity contribution in [3.8, 4) is 0 Å². The molecule has 12 nitrogen and oxygen atoms in total. The summed E-state index contributed by atoms with van der Waals surface area (Å²) in [5.41, 5.74) is 1.05. The summed E-state index contributed by atoms with van der Waals surface area (Å²) in [4.78, 5) is 70.2. The maximum absolute atomic E-state index is 12.0. The van der Waals surface area contributed by atoms with Crippen molar-refractivity contribution in [1.29, 1.82) is 0 Å². The van der Waals surface area contributed by atoms with Crippen molar-refractivity contribution in [1.82, 2.24) is 10.2 Å². The number of likely N-dealkylation sites (tertiary alicyclic amines) is 1. The summed E-state index contributed by atoms with van der Waals surface area (Å²) in [6.45, 7) is 1.96. The molecule has 0 unspecified atom stereocenters. The van der Waals surface area contributed by atoms with E-state index < -0.39 is 18.2 Å². The van der Waals surface area contributed by atoms with Crippen LogP contribution < -0.4 is 180 Å². The van der Waals surface area contributed by atoms with Crippen molar-refractivity contribution in [3.05, 3.63) is 45.8 Å². The van der Waals surface area contributed by atoms with E-state index in [9.17, 15) is 28.8 Å². The minimum absolute atomic E-state index is 0. The van der Waals surface area contributed by atoms with Crippen LogP contribution in [0.2, 0.25) is 0 Å². The molecule has 15 heteroatoms. The predicted octanol–water partition coefficient (Wildman–Crippen LogP) is -5.68. The molecule has 0 atom stereocenters. The number of carbonyl (C=O) groups is 6. The van der Waals surface area contributed by atoms with Gasteiger partial charge in [-0.25, -0.2) is 0 Å². The molecule has 0 saturated carbocycles. The van der Waals surface area contributed by atoms with Crippen LogP contribution in [-0.2, 0) is 35.1 Å². The number of nitrogens with one attached hydrogen (secondary N) is 1. The fourth-order valence-electron chi connectivity index (χ4n) is 3.37. The van der Waals surface area contributed by atoms with Crippen molar-refractivity contribution in [3.63, 3.8) is 0 Å². The van der Waals surface area contributed by atoms with Crippen LogP contribution in [0.25, 0.3) is 16.0 Å². The SMILES string of the molecule is O=CCCCCCNC(=O)[N-]CCCOCC[N-]C(=O)CC(=O)[N-]c1ccc(CC(=O)N2CCC2=O)cc1.[HH].[Rb+].[Rb+].[Rb+]. The van der Waals surface area contributed by atoms with Crippen LogP contribution in [0.3, 0.4) is 0 Å². The molecule has 0 aliphatic carbocycles. The number of unbranched alkanes of at least 4 members (excludes halogenated alkanes) is 3. The number of aldehydes is 1. The molecule has 0 aromatic heterocycles. The van der Waals surface area contributed by atoms with E-state index in [0.717, 1.165) is 25.5 Å². The molecule has 1 aliphatic rings. The number of urea groups is 1. The molecule has 41 heavy (non-hydrogen) atoms. The second kappa shape index (κ2) is 27.9. The third kappa shape index (κ3) is 21.1. The first kappa shape index (κ1) is 44.7. The Hall–Kier alpha value is 1.62. The van der Waals surface area contributed by atoms with Gasteiger partial charge in [0.1, 0.15) is 6.29 Å². The third-order valence-electron chi connectivity index (χ3n) is 5.50. The Labute approximate surface area is 389 Å². The minimum atomic E-state index is -0.629. The first-order chi connectivity index (χ1) is 18.4. The number of amides is 6. The maximum atomic E-state index is 12.0. The van der Waals surface area contributed by atoms with Crippen molar-refractivity contribution in [2.75, 3.05) is 39.4 Å². The van der Waals surface area contributed by atoms with E-state index in [-0.39, 0.29) is 213 Å². The third-order valence-corrected chi connectivity index (χ3v) is 5.50. The maximum Gasteiger partial charge on any atom is 1.00 e.